The number of amides is 1. The Morgan fingerprint density at radius 2 is 1.91 bits per heavy atom. The molecule has 1 aliphatic rings. The van der Waals surface area contributed by atoms with Crippen LogP contribution in [-0.4, -0.2) is 37.7 Å². The molecule has 10 nitrogen and oxygen atoms in total. The van der Waals surface area contributed by atoms with Crippen molar-refractivity contribution < 1.29 is 18.7 Å². The minimum atomic E-state index is -0.237. The summed E-state index contributed by atoms with van der Waals surface area (Å²) in [4.78, 5) is 12.6. The molecule has 0 fully saturated rings. The van der Waals surface area contributed by atoms with Crippen molar-refractivity contribution in [2.45, 2.75) is 30.9 Å². The van der Waals surface area contributed by atoms with Gasteiger partial charge < -0.3 is 23.8 Å². The molecule has 2 aromatic heterocycles. The predicted molar refractivity (Wildman–Crippen MR) is 124 cm³/mol. The fraction of sp³-hybridized carbons (Fsp3) is 0.227. The van der Waals surface area contributed by atoms with Crippen molar-refractivity contribution in [2.24, 2.45) is 0 Å². The second-order valence-electron chi connectivity index (χ2n) is 7.19. The molecule has 12 heteroatoms. The third kappa shape index (κ3) is 4.70. The molecule has 0 unspecified atom stereocenters. The maximum atomic E-state index is 12.6. The minimum Gasteiger partial charge on any atom is -0.454 e. The summed E-state index contributed by atoms with van der Waals surface area (Å²) < 4.78 is 18.3. The largest absolute Gasteiger partial charge is 0.454 e. The molecule has 0 radical (unpaired) electrons. The molecule has 174 valence electrons. The molecule has 3 heterocycles. The van der Waals surface area contributed by atoms with Gasteiger partial charge in [0.1, 0.15) is 0 Å². The number of rotatable bonds is 8. The van der Waals surface area contributed by atoms with Crippen LogP contribution in [0.1, 0.15) is 29.0 Å². The van der Waals surface area contributed by atoms with Gasteiger partial charge in [0, 0.05) is 22.7 Å². The summed E-state index contributed by atoms with van der Waals surface area (Å²) in [7, 11) is 0. The molecule has 0 saturated heterocycles. The number of aromatic nitrogens is 5. The molecule has 34 heavy (non-hydrogen) atoms. The molecule has 0 spiro atoms. The second kappa shape index (κ2) is 9.74. The van der Waals surface area contributed by atoms with Gasteiger partial charge in [-0.15, -0.1) is 20.4 Å². The Labute approximate surface area is 203 Å². The molecular formula is C22H19ClN6O4S. The summed E-state index contributed by atoms with van der Waals surface area (Å²) >= 11 is 7.36. The van der Waals surface area contributed by atoms with Crippen LogP contribution in [0.3, 0.4) is 0 Å². The Morgan fingerprint density at radius 3 is 2.74 bits per heavy atom. The zero-order valence-corrected chi connectivity index (χ0v) is 19.6. The van der Waals surface area contributed by atoms with Crippen molar-refractivity contribution in [2.75, 3.05) is 6.79 Å². The maximum absolute atomic E-state index is 12.6. The van der Waals surface area contributed by atoms with Crippen molar-refractivity contribution in [3.05, 3.63) is 64.8 Å². The fourth-order valence-corrected chi connectivity index (χ4v) is 4.30. The molecule has 0 aliphatic carbocycles. The van der Waals surface area contributed by atoms with Gasteiger partial charge in [-0.3, -0.25) is 4.79 Å². The number of halogens is 1. The van der Waals surface area contributed by atoms with Crippen molar-refractivity contribution in [3.8, 4) is 23.0 Å². The molecule has 4 aromatic rings. The van der Waals surface area contributed by atoms with E-state index < -0.39 is 0 Å². The van der Waals surface area contributed by atoms with E-state index in [4.69, 9.17) is 25.5 Å². The van der Waals surface area contributed by atoms with Crippen LogP contribution < -0.4 is 14.8 Å². The van der Waals surface area contributed by atoms with E-state index in [0.717, 1.165) is 5.56 Å². The van der Waals surface area contributed by atoms with Gasteiger partial charge in [-0.25, -0.2) is 0 Å². The Kier molecular flexibility index (Phi) is 6.37. The lowest BCUT2D eigenvalue weighted by Crippen LogP contribution is -2.24. The summed E-state index contributed by atoms with van der Waals surface area (Å²) in [6.45, 7) is 3.02. The first kappa shape index (κ1) is 22.2. The van der Waals surface area contributed by atoms with Gasteiger partial charge in [0.2, 0.25) is 18.6 Å². The molecule has 0 saturated carbocycles. The van der Waals surface area contributed by atoms with Gasteiger partial charge in [-0.05, 0) is 49.4 Å². The van der Waals surface area contributed by atoms with Crippen LogP contribution in [0.5, 0.6) is 11.5 Å². The Balaban J connectivity index is 1.20. The predicted octanol–water partition coefficient (Wildman–Crippen LogP) is 3.95. The van der Waals surface area contributed by atoms with E-state index in [0.29, 0.717) is 57.1 Å². The highest BCUT2D eigenvalue weighted by atomic mass is 35.5. The number of hydrogen-bond donors (Lipinski definition) is 1. The zero-order chi connectivity index (χ0) is 23.5. The van der Waals surface area contributed by atoms with Crippen LogP contribution >= 0.6 is 23.4 Å². The number of nitrogens with zero attached hydrogens (tertiary/aromatic N) is 5. The summed E-state index contributed by atoms with van der Waals surface area (Å²) in [5.74, 6) is 2.93. The number of ether oxygens (including phenoxy) is 2. The average Bonchev–Trinajstić information content (AvgIpc) is 3.60. The minimum absolute atomic E-state index is 0.159. The van der Waals surface area contributed by atoms with Crippen LogP contribution in [0.2, 0.25) is 5.02 Å². The molecule has 1 N–H and O–H groups in total. The van der Waals surface area contributed by atoms with Crippen molar-refractivity contribution >= 4 is 29.3 Å². The highest BCUT2D eigenvalue weighted by Gasteiger charge is 2.18. The summed E-state index contributed by atoms with van der Waals surface area (Å²) in [5, 5.41) is 20.9. The first-order valence-electron chi connectivity index (χ1n) is 10.4. The highest BCUT2D eigenvalue weighted by molar-refractivity contribution is 7.98. The number of thioether (sulfide) groups is 1. The smallest absolute Gasteiger partial charge is 0.251 e. The van der Waals surface area contributed by atoms with Gasteiger partial charge in [0.15, 0.2) is 22.5 Å². The summed E-state index contributed by atoms with van der Waals surface area (Å²) in [6.07, 6.45) is 0. The first-order valence-corrected chi connectivity index (χ1v) is 11.8. The molecule has 2 aromatic carbocycles. The van der Waals surface area contributed by atoms with Crippen LogP contribution in [0.4, 0.5) is 0 Å². The quantitative estimate of drug-likeness (QED) is 0.360. The lowest BCUT2D eigenvalue weighted by Gasteiger charge is -2.08. The Morgan fingerprint density at radius 1 is 1.09 bits per heavy atom. The molecule has 0 bridgehead atoms. The van der Waals surface area contributed by atoms with Gasteiger partial charge in [-0.2, -0.15) is 0 Å². The number of benzene rings is 2. The Hall–Kier alpha value is -3.57. The SMILES string of the molecule is CCn1c(CNC(=O)c2ccc3c(c2)OCO3)nnc1SCc1nnc(-c2ccc(Cl)cc2)o1. The lowest BCUT2D eigenvalue weighted by molar-refractivity contribution is 0.0949. The van der Waals surface area contributed by atoms with E-state index in [-0.39, 0.29) is 19.2 Å². The van der Waals surface area contributed by atoms with Gasteiger partial charge in [0.05, 0.1) is 12.3 Å². The van der Waals surface area contributed by atoms with Crippen LogP contribution in [-0.2, 0) is 18.8 Å². The highest BCUT2D eigenvalue weighted by Crippen LogP contribution is 2.32. The number of carbonyl (C=O) groups excluding carboxylic acids is 1. The molecule has 0 atom stereocenters. The number of carbonyl (C=O) groups is 1. The second-order valence-corrected chi connectivity index (χ2v) is 8.57. The van der Waals surface area contributed by atoms with E-state index in [1.807, 2.05) is 23.6 Å². The standard InChI is InChI=1S/C22H19ClN6O4S/c1-2-29-18(10-24-20(30)14-5-8-16-17(9-14)32-12-31-16)25-28-22(29)34-11-19-26-27-21(33-19)13-3-6-15(23)7-4-13/h3-9H,2,10-12H2,1H3,(H,24,30). The van der Waals surface area contributed by atoms with Crippen molar-refractivity contribution in [3.63, 3.8) is 0 Å². The van der Waals surface area contributed by atoms with Crippen molar-refractivity contribution in [1.29, 1.82) is 0 Å². The van der Waals surface area contributed by atoms with Gasteiger partial charge >= 0.3 is 0 Å². The third-order valence-electron chi connectivity index (χ3n) is 5.03. The first-order chi connectivity index (χ1) is 16.6. The maximum Gasteiger partial charge on any atom is 0.251 e. The number of fused-ring (bicyclic) bond motifs is 1. The number of hydrogen-bond acceptors (Lipinski definition) is 9. The van der Waals surface area contributed by atoms with Gasteiger partial charge in [0.25, 0.3) is 5.91 Å². The van der Waals surface area contributed by atoms with Crippen LogP contribution in [0, 0.1) is 0 Å². The van der Waals surface area contributed by atoms with E-state index in [2.05, 4.69) is 25.7 Å². The Bertz CT molecular complexity index is 1320. The molecular weight excluding hydrogens is 480 g/mol. The third-order valence-corrected chi connectivity index (χ3v) is 6.24. The van der Waals surface area contributed by atoms with E-state index >= 15 is 0 Å². The number of nitrogens with one attached hydrogen (secondary N) is 1. The molecule has 1 aliphatic heterocycles. The monoisotopic (exact) mass is 498 g/mol. The molecule has 5 rings (SSSR count). The van der Waals surface area contributed by atoms with Crippen molar-refractivity contribution in [1.82, 2.24) is 30.3 Å². The van der Waals surface area contributed by atoms with Crippen LogP contribution in [0.15, 0.2) is 52.0 Å². The summed E-state index contributed by atoms with van der Waals surface area (Å²) in [6, 6.07) is 12.3. The zero-order valence-electron chi connectivity index (χ0n) is 18.0. The lowest BCUT2D eigenvalue weighted by atomic mass is 10.2. The van der Waals surface area contributed by atoms with E-state index in [1.165, 1.54) is 11.8 Å². The average molecular weight is 499 g/mol. The topological polar surface area (TPSA) is 117 Å². The fourth-order valence-electron chi connectivity index (χ4n) is 3.32. The normalized spacial score (nSPS) is 12.2. The van der Waals surface area contributed by atoms with E-state index in [9.17, 15) is 4.79 Å². The molecule has 1 amide bonds. The van der Waals surface area contributed by atoms with Gasteiger partial charge in [-0.1, -0.05) is 23.4 Å². The van der Waals surface area contributed by atoms with E-state index in [1.54, 1.807) is 30.3 Å². The van der Waals surface area contributed by atoms with Crippen LogP contribution in [0.25, 0.3) is 11.5 Å². The summed E-state index contributed by atoms with van der Waals surface area (Å²) in [5.41, 5.74) is 1.28.